The van der Waals surface area contributed by atoms with Gasteiger partial charge in [-0.15, -0.1) is 0 Å². The monoisotopic (exact) mass is 307 g/mol. The summed E-state index contributed by atoms with van der Waals surface area (Å²) in [5.41, 5.74) is 5.09. The molecule has 0 aliphatic carbocycles. The van der Waals surface area contributed by atoms with Gasteiger partial charge in [-0.2, -0.15) is 0 Å². The standard InChI is InChI=1S/C18H17N3O2/c1-10-8-11(9-22)15(12-6-7-19-16(10)12)17(23)18-20-13-4-2-3-5-14(13)21-18/h2-8,17,19,22-23H,9H2,1H3,(H,20,21). The fourth-order valence-electron chi connectivity index (χ4n) is 3.20. The van der Waals surface area contributed by atoms with Crippen LogP contribution in [0.15, 0.2) is 42.6 Å². The number of aliphatic hydroxyl groups is 2. The van der Waals surface area contributed by atoms with Crippen molar-refractivity contribution in [3.8, 4) is 0 Å². The van der Waals surface area contributed by atoms with Crippen molar-refractivity contribution in [3.05, 3.63) is 65.1 Å². The van der Waals surface area contributed by atoms with Gasteiger partial charge in [-0.05, 0) is 36.2 Å². The molecule has 4 rings (SSSR count). The average molecular weight is 307 g/mol. The van der Waals surface area contributed by atoms with Gasteiger partial charge in [-0.3, -0.25) is 0 Å². The largest absolute Gasteiger partial charge is 0.392 e. The zero-order valence-electron chi connectivity index (χ0n) is 12.7. The number of nitrogens with one attached hydrogen (secondary N) is 2. The van der Waals surface area contributed by atoms with E-state index in [2.05, 4.69) is 15.0 Å². The van der Waals surface area contributed by atoms with Crippen molar-refractivity contribution < 1.29 is 10.2 Å². The van der Waals surface area contributed by atoms with Gasteiger partial charge in [0.05, 0.1) is 17.6 Å². The summed E-state index contributed by atoms with van der Waals surface area (Å²) in [7, 11) is 0. The normalized spacial score (nSPS) is 13.0. The Kier molecular flexibility index (Phi) is 3.18. The molecule has 4 aromatic rings. The molecule has 5 heteroatoms. The molecule has 0 radical (unpaired) electrons. The van der Waals surface area contributed by atoms with Crippen molar-refractivity contribution in [1.29, 1.82) is 0 Å². The Morgan fingerprint density at radius 3 is 2.83 bits per heavy atom. The first kappa shape index (κ1) is 14.0. The van der Waals surface area contributed by atoms with Crippen LogP contribution in [0.3, 0.4) is 0 Å². The summed E-state index contributed by atoms with van der Waals surface area (Å²) in [6.07, 6.45) is 0.914. The predicted octanol–water partition coefficient (Wildman–Crippen LogP) is 2.93. The van der Waals surface area contributed by atoms with E-state index in [-0.39, 0.29) is 6.61 Å². The number of rotatable bonds is 3. The average Bonchev–Trinajstić information content (AvgIpc) is 3.20. The molecular formula is C18H17N3O2. The van der Waals surface area contributed by atoms with Crippen molar-refractivity contribution in [3.63, 3.8) is 0 Å². The summed E-state index contributed by atoms with van der Waals surface area (Å²) >= 11 is 0. The van der Waals surface area contributed by atoms with E-state index in [1.165, 1.54) is 0 Å². The Morgan fingerprint density at radius 1 is 1.22 bits per heavy atom. The number of fused-ring (bicyclic) bond motifs is 2. The fourth-order valence-corrected chi connectivity index (χ4v) is 3.20. The van der Waals surface area contributed by atoms with Crippen LogP contribution in [0, 0.1) is 6.92 Å². The smallest absolute Gasteiger partial charge is 0.140 e. The minimum Gasteiger partial charge on any atom is -0.392 e. The van der Waals surface area contributed by atoms with Gasteiger partial charge in [0.25, 0.3) is 0 Å². The topological polar surface area (TPSA) is 84.9 Å². The molecule has 4 N–H and O–H groups in total. The minimum atomic E-state index is -0.927. The van der Waals surface area contributed by atoms with E-state index >= 15 is 0 Å². The maximum Gasteiger partial charge on any atom is 0.140 e. The lowest BCUT2D eigenvalue weighted by Gasteiger charge is -2.15. The molecule has 0 saturated heterocycles. The Hall–Kier alpha value is -2.63. The van der Waals surface area contributed by atoms with Crippen LogP contribution < -0.4 is 0 Å². The summed E-state index contributed by atoms with van der Waals surface area (Å²) in [5.74, 6) is 0.479. The maximum absolute atomic E-state index is 10.9. The fraction of sp³-hybridized carbons (Fsp3) is 0.167. The molecule has 0 fully saturated rings. The van der Waals surface area contributed by atoms with Crippen LogP contribution in [0.4, 0.5) is 0 Å². The van der Waals surface area contributed by atoms with Crippen LogP contribution in [-0.4, -0.2) is 25.2 Å². The molecule has 0 aliphatic heterocycles. The molecule has 0 bridgehead atoms. The Labute approximate surface area is 132 Å². The molecule has 2 heterocycles. The van der Waals surface area contributed by atoms with Gasteiger partial charge in [0.2, 0.25) is 0 Å². The van der Waals surface area contributed by atoms with Crippen molar-refractivity contribution in [2.24, 2.45) is 0 Å². The molecule has 0 amide bonds. The van der Waals surface area contributed by atoms with Crippen LogP contribution in [-0.2, 0) is 6.61 Å². The highest BCUT2D eigenvalue weighted by Crippen LogP contribution is 2.33. The van der Waals surface area contributed by atoms with Crippen LogP contribution in [0.1, 0.15) is 28.6 Å². The van der Waals surface area contributed by atoms with E-state index in [0.717, 1.165) is 27.5 Å². The summed E-state index contributed by atoms with van der Waals surface area (Å²) in [6, 6.07) is 11.5. The molecule has 0 aliphatic rings. The number of H-pyrrole nitrogens is 2. The molecule has 5 nitrogen and oxygen atoms in total. The molecular weight excluding hydrogens is 290 g/mol. The summed E-state index contributed by atoms with van der Waals surface area (Å²) in [4.78, 5) is 10.8. The number of nitrogens with zero attached hydrogens (tertiary/aromatic N) is 1. The molecule has 1 unspecified atom stereocenters. The van der Waals surface area contributed by atoms with E-state index in [0.29, 0.717) is 17.0 Å². The third kappa shape index (κ3) is 2.13. The van der Waals surface area contributed by atoms with Crippen LogP contribution >= 0.6 is 0 Å². The highest BCUT2D eigenvalue weighted by atomic mass is 16.3. The summed E-state index contributed by atoms with van der Waals surface area (Å²) in [6.45, 7) is 1.85. The summed E-state index contributed by atoms with van der Waals surface area (Å²) in [5, 5.41) is 21.5. The molecule has 0 saturated carbocycles. The van der Waals surface area contributed by atoms with Crippen molar-refractivity contribution in [1.82, 2.24) is 15.0 Å². The number of aliphatic hydroxyl groups excluding tert-OH is 2. The van der Waals surface area contributed by atoms with Crippen molar-refractivity contribution >= 4 is 21.9 Å². The second kappa shape index (κ2) is 5.22. The number of benzene rings is 2. The quantitative estimate of drug-likeness (QED) is 0.469. The lowest BCUT2D eigenvalue weighted by atomic mass is 9.95. The van der Waals surface area contributed by atoms with Gasteiger partial charge in [0, 0.05) is 22.7 Å². The first-order chi connectivity index (χ1) is 11.2. The Morgan fingerprint density at radius 2 is 2.04 bits per heavy atom. The lowest BCUT2D eigenvalue weighted by molar-refractivity contribution is 0.206. The highest BCUT2D eigenvalue weighted by molar-refractivity contribution is 5.88. The van der Waals surface area contributed by atoms with Gasteiger partial charge in [-0.25, -0.2) is 4.98 Å². The highest BCUT2D eigenvalue weighted by Gasteiger charge is 2.22. The van der Waals surface area contributed by atoms with Crippen LogP contribution in [0.2, 0.25) is 0 Å². The molecule has 1 atom stereocenters. The van der Waals surface area contributed by atoms with E-state index in [1.807, 2.05) is 49.5 Å². The molecule has 23 heavy (non-hydrogen) atoms. The van der Waals surface area contributed by atoms with Crippen molar-refractivity contribution in [2.45, 2.75) is 19.6 Å². The zero-order chi connectivity index (χ0) is 16.0. The number of aromatic nitrogens is 3. The first-order valence-electron chi connectivity index (χ1n) is 7.52. The second-order valence-corrected chi connectivity index (χ2v) is 5.73. The number of hydrogen-bond donors (Lipinski definition) is 4. The van der Waals surface area contributed by atoms with Crippen LogP contribution in [0.5, 0.6) is 0 Å². The van der Waals surface area contributed by atoms with E-state index in [9.17, 15) is 10.2 Å². The minimum absolute atomic E-state index is 0.130. The Bertz CT molecular complexity index is 967. The first-order valence-corrected chi connectivity index (χ1v) is 7.52. The van der Waals surface area contributed by atoms with Crippen molar-refractivity contribution in [2.75, 3.05) is 0 Å². The molecule has 2 aromatic carbocycles. The Balaban J connectivity index is 1.93. The predicted molar refractivity (Wildman–Crippen MR) is 89.1 cm³/mol. The third-order valence-corrected chi connectivity index (χ3v) is 4.28. The SMILES string of the molecule is Cc1cc(CO)c(C(O)c2nc3ccccc3[nH]2)c2cc[nH]c12. The van der Waals surface area contributed by atoms with E-state index in [1.54, 1.807) is 0 Å². The van der Waals surface area contributed by atoms with Gasteiger partial charge < -0.3 is 20.2 Å². The number of para-hydroxylation sites is 2. The molecule has 116 valence electrons. The van der Waals surface area contributed by atoms with Crippen LogP contribution in [0.25, 0.3) is 21.9 Å². The van der Waals surface area contributed by atoms with E-state index in [4.69, 9.17) is 0 Å². The second-order valence-electron chi connectivity index (χ2n) is 5.73. The molecule has 0 spiro atoms. The summed E-state index contributed by atoms with van der Waals surface area (Å²) < 4.78 is 0. The van der Waals surface area contributed by atoms with Gasteiger partial charge in [0.1, 0.15) is 11.9 Å². The van der Waals surface area contributed by atoms with Gasteiger partial charge in [-0.1, -0.05) is 18.2 Å². The number of aryl methyl sites for hydroxylation is 1. The maximum atomic E-state index is 10.9. The van der Waals surface area contributed by atoms with Gasteiger partial charge in [0.15, 0.2) is 0 Å². The van der Waals surface area contributed by atoms with Gasteiger partial charge >= 0.3 is 0 Å². The molecule has 2 aromatic heterocycles. The lowest BCUT2D eigenvalue weighted by Crippen LogP contribution is -2.07. The third-order valence-electron chi connectivity index (χ3n) is 4.28. The number of hydrogen-bond acceptors (Lipinski definition) is 3. The zero-order valence-corrected chi connectivity index (χ0v) is 12.7. The number of imidazole rings is 1. The van der Waals surface area contributed by atoms with E-state index < -0.39 is 6.10 Å². The number of aromatic amines is 2.